The molecule has 0 radical (unpaired) electrons. The van der Waals surface area contributed by atoms with Crippen molar-refractivity contribution in [2.75, 3.05) is 26.7 Å². The molecule has 3 nitrogen and oxygen atoms in total. The number of nitrogens with two attached hydrogens (primary N) is 1. The van der Waals surface area contributed by atoms with Crippen molar-refractivity contribution < 1.29 is 4.74 Å². The standard InChI is InChI=1S/C15H25BrN2O/c1-15(2,7-8-17)11-18-9-6-12-4-5-14(19-3)13(16)10-12/h4-5,10,18H,6-9,11,17H2,1-3H3. The molecule has 1 aromatic rings. The van der Waals surface area contributed by atoms with Crippen molar-refractivity contribution in [3.05, 3.63) is 28.2 Å². The number of methoxy groups -OCH3 is 1. The molecule has 0 spiro atoms. The third kappa shape index (κ3) is 5.93. The number of nitrogens with one attached hydrogen (secondary N) is 1. The van der Waals surface area contributed by atoms with Gasteiger partial charge in [-0.25, -0.2) is 0 Å². The normalized spacial score (nSPS) is 11.6. The minimum absolute atomic E-state index is 0.273. The van der Waals surface area contributed by atoms with Crippen LogP contribution in [0, 0.1) is 5.41 Å². The van der Waals surface area contributed by atoms with Gasteiger partial charge in [-0.2, -0.15) is 0 Å². The molecular weight excluding hydrogens is 304 g/mol. The van der Waals surface area contributed by atoms with Gasteiger partial charge in [-0.05, 0) is 65.0 Å². The van der Waals surface area contributed by atoms with Crippen molar-refractivity contribution in [2.45, 2.75) is 26.7 Å². The molecule has 0 amide bonds. The first-order chi connectivity index (χ1) is 8.98. The Balaban J connectivity index is 2.35. The Labute approximate surface area is 125 Å². The molecule has 4 heteroatoms. The van der Waals surface area contributed by atoms with E-state index >= 15 is 0 Å². The zero-order valence-corrected chi connectivity index (χ0v) is 13.7. The summed E-state index contributed by atoms with van der Waals surface area (Å²) in [6.45, 7) is 7.22. The van der Waals surface area contributed by atoms with E-state index in [4.69, 9.17) is 10.5 Å². The molecule has 0 aromatic heterocycles. The maximum Gasteiger partial charge on any atom is 0.133 e. The molecular formula is C15H25BrN2O. The third-order valence-corrected chi connectivity index (χ3v) is 3.85. The van der Waals surface area contributed by atoms with Gasteiger partial charge >= 0.3 is 0 Å². The summed E-state index contributed by atoms with van der Waals surface area (Å²) in [5, 5.41) is 3.50. The van der Waals surface area contributed by atoms with Crippen LogP contribution in [0.5, 0.6) is 5.75 Å². The highest BCUT2D eigenvalue weighted by atomic mass is 79.9. The second-order valence-electron chi connectivity index (χ2n) is 5.60. The topological polar surface area (TPSA) is 47.3 Å². The van der Waals surface area contributed by atoms with Crippen molar-refractivity contribution in [1.29, 1.82) is 0 Å². The Morgan fingerprint density at radius 2 is 2.11 bits per heavy atom. The average molecular weight is 329 g/mol. The Morgan fingerprint density at radius 1 is 1.37 bits per heavy atom. The number of hydrogen-bond acceptors (Lipinski definition) is 3. The number of ether oxygens (including phenoxy) is 1. The summed E-state index contributed by atoms with van der Waals surface area (Å²) >= 11 is 3.51. The van der Waals surface area contributed by atoms with Gasteiger partial charge in [0.25, 0.3) is 0 Å². The first kappa shape index (κ1) is 16.5. The predicted molar refractivity (Wildman–Crippen MR) is 84.7 cm³/mol. The molecule has 1 rings (SSSR count). The fourth-order valence-corrected chi connectivity index (χ4v) is 2.59. The number of halogens is 1. The van der Waals surface area contributed by atoms with Crippen LogP contribution < -0.4 is 15.8 Å². The molecule has 0 aliphatic carbocycles. The molecule has 0 heterocycles. The molecule has 3 N–H and O–H groups in total. The van der Waals surface area contributed by atoms with Crippen LogP contribution in [-0.4, -0.2) is 26.7 Å². The van der Waals surface area contributed by atoms with Gasteiger partial charge in [-0.3, -0.25) is 0 Å². The van der Waals surface area contributed by atoms with Crippen LogP contribution >= 0.6 is 15.9 Å². The summed E-state index contributed by atoms with van der Waals surface area (Å²) in [5.74, 6) is 0.876. The number of benzene rings is 1. The van der Waals surface area contributed by atoms with Crippen LogP contribution in [0.25, 0.3) is 0 Å². The molecule has 0 saturated heterocycles. The van der Waals surface area contributed by atoms with Crippen molar-refractivity contribution in [2.24, 2.45) is 11.1 Å². The predicted octanol–water partition coefficient (Wildman–Crippen LogP) is 2.96. The van der Waals surface area contributed by atoms with Crippen molar-refractivity contribution in [1.82, 2.24) is 5.32 Å². The summed E-state index contributed by atoms with van der Waals surface area (Å²) in [6.07, 6.45) is 2.06. The lowest BCUT2D eigenvalue weighted by atomic mass is 9.89. The van der Waals surface area contributed by atoms with Crippen molar-refractivity contribution in [3.63, 3.8) is 0 Å². The highest BCUT2D eigenvalue weighted by Gasteiger charge is 2.15. The van der Waals surface area contributed by atoms with E-state index in [2.05, 4.69) is 47.2 Å². The van der Waals surface area contributed by atoms with Gasteiger partial charge in [0.2, 0.25) is 0 Å². The minimum atomic E-state index is 0.273. The van der Waals surface area contributed by atoms with Crippen LogP contribution in [0.15, 0.2) is 22.7 Å². The Morgan fingerprint density at radius 3 is 2.68 bits per heavy atom. The van der Waals surface area contributed by atoms with Gasteiger partial charge in [0, 0.05) is 6.54 Å². The van der Waals surface area contributed by atoms with E-state index < -0.39 is 0 Å². The van der Waals surface area contributed by atoms with Gasteiger partial charge in [-0.1, -0.05) is 19.9 Å². The largest absolute Gasteiger partial charge is 0.496 e. The van der Waals surface area contributed by atoms with Crippen molar-refractivity contribution >= 4 is 15.9 Å². The molecule has 0 atom stereocenters. The minimum Gasteiger partial charge on any atom is -0.496 e. The van der Waals surface area contributed by atoms with Gasteiger partial charge in [-0.15, -0.1) is 0 Å². The van der Waals surface area contributed by atoms with E-state index in [0.29, 0.717) is 0 Å². The number of hydrogen-bond donors (Lipinski definition) is 2. The number of rotatable bonds is 8. The molecule has 0 aliphatic rings. The van der Waals surface area contributed by atoms with Crippen LogP contribution in [0.3, 0.4) is 0 Å². The van der Waals surface area contributed by atoms with Crippen LogP contribution in [0.2, 0.25) is 0 Å². The zero-order valence-electron chi connectivity index (χ0n) is 12.1. The molecule has 0 saturated carbocycles. The summed E-state index contributed by atoms with van der Waals surface area (Å²) in [7, 11) is 1.68. The fourth-order valence-electron chi connectivity index (χ4n) is 2.00. The summed E-state index contributed by atoms with van der Waals surface area (Å²) in [4.78, 5) is 0. The highest BCUT2D eigenvalue weighted by Crippen LogP contribution is 2.25. The molecule has 0 aliphatic heterocycles. The van der Waals surface area contributed by atoms with E-state index in [-0.39, 0.29) is 5.41 Å². The zero-order chi connectivity index (χ0) is 14.3. The van der Waals surface area contributed by atoms with Gasteiger partial charge in [0.1, 0.15) is 5.75 Å². The smallest absolute Gasteiger partial charge is 0.133 e. The quantitative estimate of drug-likeness (QED) is 0.721. The van der Waals surface area contributed by atoms with E-state index in [1.807, 2.05) is 6.07 Å². The maximum absolute atomic E-state index is 5.61. The van der Waals surface area contributed by atoms with Gasteiger partial charge in [0.05, 0.1) is 11.6 Å². The summed E-state index contributed by atoms with van der Waals surface area (Å²) < 4.78 is 6.23. The summed E-state index contributed by atoms with van der Waals surface area (Å²) in [5.41, 5.74) is 7.18. The lowest BCUT2D eigenvalue weighted by Gasteiger charge is -2.24. The monoisotopic (exact) mass is 328 g/mol. The SMILES string of the molecule is COc1ccc(CCNCC(C)(C)CCN)cc1Br. The second kappa shape index (κ2) is 7.88. The van der Waals surface area contributed by atoms with Gasteiger partial charge < -0.3 is 15.8 Å². The fraction of sp³-hybridized carbons (Fsp3) is 0.600. The Bertz CT molecular complexity index is 394. The van der Waals surface area contributed by atoms with E-state index in [9.17, 15) is 0 Å². The van der Waals surface area contributed by atoms with Crippen molar-refractivity contribution in [3.8, 4) is 5.75 Å². The lowest BCUT2D eigenvalue weighted by molar-refractivity contribution is 0.321. The van der Waals surface area contributed by atoms with Gasteiger partial charge in [0.15, 0.2) is 0 Å². The molecule has 19 heavy (non-hydrogen) atoms. The first-order valence-corrected chi connectivity index (χ1v) is 7.51. The van der Waals surface area contributed by atoms with Crippen LogP contribution in [-0.2, 0) is 6.42 Å². The van der Waals surface area contributed by atoms with E-state index in [1.54, 1.807) is 7.11 Å². The van der Waals surface area contributed by atoms with E-state index in [0.717, 1.165) is 42.7 Å². The average Bonchev–Trinajstić information content (AvgIpc) is 2.35. The first-order valence-electron chi connectivity index (χ1n) is 6.72. The third-order valence-electron chi connectivity index (χ3n) is 3.23. The second-order valence-corrected chi connectivity index (χ2v) is 6.45. The Hall–Kier alpha value is -0.580. The molecule has 0 fully saturated rings. The molecule has 108 valence electrons. The lowest BCUT2D eigenvalue weighted by Crippen LogP contribution is -2.32. The maximum atomic E-state index is 5.61. The van der Waals surface area contributed by atoms with Crippen LogP contribution in [0.1, 0.15) is 25.8 Å². The molecule has 0 bridgehead atoms. The molecule has 1 aromatic carbocycles. The molecule has 0 unspecified atom stereocenters. The van der Waals surface area contributed by atoms with Crippen LogP contribution in [0.4, 0.5) is 0 Å². The Kier molecular flexibility index (Phi) is 6.83. The highest BCUT2D eigenvalue weighted by molar-refractivity contribution is 9.10. The summed E-state index contributed by atoms with van der Waals surface area (Å²) in [6, 6.07) is 6.22. The van der Waals surface area contributed by atoms with E-state index in [1.165, 1.54) is 5.56 Å².